The summed E-state index contributed by atoms with van der Waals surface area (Å²) in [5.41, 5.74) is 2.03. The molecule has 1 heterocycles. The van der Waals surface area contributed by atoms with Gasteiger partial charge < -0.3 is 10.6 Å². The van der Waals surface area contributed by atoms with Gasteiger partial charge in [0, 0.05) is 30.5 Å². The fraction of sp³-hybridized carbons (Fsp3) is 0.450. The van der Waals surface area contributed by atoms with E-state index >= 15 is 0 Å². The van der Waals surface area contributed by atoms with Gasteiger partial charge >= 0.3 is 6.03 Å². The average Bonchev–Trinajstić information content (AvgIpc) is 2.92. The lowest BCUT2D eigenvalue weighted by atomic mass is 10.1. The van der Waals surface area contributed by atoms with Crippen LogP contribution in [0.4, 0.5) is 4.79 Å². The van der Waals surface area contributed by atoms with Gasteiger partial charge in [-0.1, -0.05) is 56.0 Å². The molecule has 0 unspecified atom stereocenters. The first-order chi connectivity index (χ1) is 12.3. The van der Waals surface area contributed by atoms with Crippen LogP contribution in [0.3, 0.4) is 0 Å². The van der Waals surface area contributed by atoms with Crippen LogP contribution in [0.2, 0.25) is 0 Å². The Morgan fingerprint density at radius 2 is 1.68 bits per heavy atom. The van der Waals surface area contributed by atoms with Crippen molar-refractivity contribution in [2.24, 2.45) is 0 Å². The summed E-state index contributed by atoms with van der Waals surface area (Å²) in [6.07, 6.45) is 11.6. The Kier molecular flexibility index (Phi) is 6.37. The number of hydrogen-bond donors (Lipinski definition) is 2. The lowest BCUT2D eigenvalue weighted by Gasteiger charge is -2.16. The molecule has 1 aromatic carbocycles. The van der Waals surface area contributed by atoms with Crippen molar-refractivity contribution in [2.75, 3.05) is 6.54 Å². The van der Waals surface area contributed by atoms with E-state index in [9.17, 15) is 4.79 Å². The van der Waals surface area contributed by atoms with Crippen LogP contribution in [0.1, 0.15) is 44.1 Å². The fourth-order valence-electron chi connectivity index (χ4n) is 3.20. The molecule has 1 fully saturated rings. The first-order valence-electron chi connectivity index (χ1n) is 9.22. The summed E-state index contributed by atoms with van der Waals surface area (Å²) < 4.78 is 0. The molecule has 0 radical (unpaired) electrons. The number of rotatable bonds is 5. The highest BCUT2D eigenvalue weighted by Gasteiger charge is 2.14. The number of urea groups is 1. The molecule has 1 aromatic heterocycles. The first-order valence-corrected chi connectivity index (χ1v) is 9.22. The van der Waals surface area contributed by atoms with Gasteiger partial charge in [-0.15, -0.1) is 0 Å². The lowest BCUT2D eigenvalue weighted by Crippen LogP contribution is -2.42. The van der Waals surface area contributed by atoms with Crippen LogP contribution in [0.25, 0.3) is 11.4 Å². The van der Waals surface area contributed by atoms with Crippen LogP contribution in [0.15, 0.2) is 42.7 Å². The largest absolute Gasteiger partial charge is 0.338 e. The number of carbonyl (C=O) groups is 1. The standard InChI is InChI=1S/C20H26N4O/c25-20(24-18-10-6-1-2-7-11-18)21-13-12-16-14-22-19(23-15-16)17-8-4-3-5-9-17/h3-5,8-9,14-15,18H,1-2,6-7,10-13H2,(H2,21,24,25). The van der Waals surface area contributed by atoms with Crippen LogP contribution in [0.5, 0.6) is 0 Å². The molecular weight excluding hydrogens is 312 g/mol. The number of amides is 2. The van der Waals surface area contributed by atoms with Gasteiger partial charge in [-0.3, -0.25) is 0 Å². The summed E-state index contributed by atoms with van der Waals surface area (Å²) in [5.74, 6) is 0.725. The predicted octanol–water partition coefficient (Wildman–Crippen LogP) is 3.71. The number of nitrogens with one attached hydrogen (secondary N) is 2. The Bertz CT molecular complexity index is 649. The second-order valence-corrected chi connectivity index (χ2v) is 6.62. The van der Waals surface area contributed by atoms with Crippen molar-refractivity contribution in [1.29, 1.82) is 0 Å². The second kappa shape index (κ2) is 9.16. The third-order valence-electron chi connectivity index (χ3n) is 4.63. The van der Waals surface area contributed by atoms with Crippen molar-refractivity contribution in [3.63, 3.8) is 0 Å². The van der Waals surface area contributed by atoms with Gasteiger partial charge in [-0.2, -0.15) is 0 Å². The van der Waals surface area contributed by atoms with E-state index in [4.69, 9.17) is 0 Å². The Morgan fingerprint density at radius 3 is 2.36 bits per heavy atom. The summed E-state index contributed by atoms with van der Waals surface area (Å²) in [6.45, 7) is 0.590. The van der Waals surface area contributed by atoms with Crippen molar-refractivity contribution >= 4 is 6.03 Å². The number of benzene rings is 1. The maximum absolute atomic E-state index is 12.0. The molecule has 0 spiro atoms. The highest BCUT2D eigenvalue weighted by molar-refractivity contribution is 5.74. The Morgan fingerprint density at radius 1 is 1.00 bits per heavy atom. The molecule has 3 rings (SSSR count). The van der Waals surface area contributed by atoms with Gasteiger partial charge in [0.25, 0.3) is 0 Å². The van der Waals surface area contributed by atoms with Gasteiger partial charge in [0.15, 0.2) is 5.82 Å². The lowest BCUT2D eigenvalue weighted by molar-refractivity contribution is 0.235. The van der Waals surface area contributed by atoms with E-state index in [-0.39, 0.29) is 6.03 Å². The minimum atomic E-state index is -0.0614. The third kappa shape index (κ3) is 5.55. The summed E-state index contributed by atoms with van der Waals surface area (Å²) >= 11 is 0. The SMILES string of the molecule is O=C(NCCc1cnc(-c2ccccc2)nc1)NC1CCCCCC1. The molecule has 0 bridgehead atoms. The fourth-order valence-corrected chi connectivity index (χ4v) is 3.20. The molecule has 2 amide bonds. The number of carbonyl (C=O) groups excluding carboxylic acids is 1. The molecule has 2 aromatic rings. The Hall–Kier alpha value is -2.43. The minimum Gasteiger partial charge on any atom is -0.338 e. The third-order valence-corrected chi connectivity index (χ3v) is 4.63. The molecule has 5 heteroatoms. The second-order valence-electron chi connectivity index (χ2n) is 6.62. The quantitative estimate of drug-likeness (QED) is 0.817. The molecule has 2 N–H and O–H groups in total. The summed E-state index contributed by atoms with van der Waals surface area (Å²) in [5, 5.41) is 6.03. The molecule has 0 atom stereocenters. The van der Waals surface area contributed by atoms with E-state index in [1.165, 1.54) is 25.7 Å². The average molecular weight is 338 g/mol. The molecule has 132 valence electrons. The van der Waals surface area contributed by atoms with Crippen molar-refractivity contribution in [3.05, 3.63) is 48.3 Å². The molecule has 0 saturated heterocycles. The summed E-state index contributed by atoms with van der Waals surface area (Å²) in [6, 6.07) is 10.2. The number of aromatic nitrogens is 2. The van der Waals surface area contributed by atoms with Crippen LogP contribution in [0, 0.1) is 0 Å². The smallest absolute Gasteiger partial charge is 0.315 e. The van der Waals surface area contributed by atoms with Crippen molar-refractivity contribution < 1.29 is 4.79 Å². The van der Waals surface area contributed by atoms with Crippen LogP contribution < -0.4 is 10.6 Å². The topological polar surface area (TPSA) is 66.9 Å². The molecule has 0 aliphatic heterocycles. The normalized spacial score (nSPS) is 15.4. The molecule has 1 aliphatic carbocycles. The van der Waals surface area contributed by atoms with E-state index in [1.807, 2.05) is 42.7 Å². The number of hydrogen-bond acceptors (Lipinski definition) is 3. The zero-order valence-electron chi connectivity index (χ0n) is 14.6. The minimum absolute atomic E-state index is 0.0614. The molecule has 5 nitrogen and oxygen atoms in total. The maximum Gasteiger partial charge on any atom is 0.315 e. The van der Waals surface area contributed by atoms with Crippen LogP contribution >= 0.6 is 0 Å². The van der Waals surface area contributed by atoms with E-state index < -0.39 is 0 Å². The highest BCUT2D eigenvalue weighted by Crippen LogP contribution is 2.17. The summed E-state index contributed by atoms with van der Waals surface area (Å²) in [7, 11) is 0. The Balaban J connectivity index is 1.42. The summed E-state index contributed by atoms with van der Waals surface area (Å²) in [4.78, 5) is 20.8. The molecular formula is C20H26N4O. The van der Waals surface area contributed by atoms with E-state index in [2.05, 4.69) is 20.6 Å². The van der Waals surface area contributed by atoms with E-state index in [1.54, 1.807) is 0 Å². The van der Waals surface area contributed by atoms with Crippen molar-refractivity contribution in [1.82, 2.24) is 20.6 Å². The number of nitrogens with zero attached hydrogens (tertiary/aromatic N) is 2. The Labute approximate surface area is 149 Å². The van der Waals surface area contributed by atoms with Gasteiger partial charge in [-0.05, 0) is 24.8 Å². The zero-order chi connectivity index (χ0) is 17.3. The molecule has 25 heavy (non-hydrogen) atoms. The molecule has 1 aliphatic rings. The van der Waals surface area contributed by atoms with Crippen molar-refractivity contribution in [3.8, 4) is 11.4 Å². The van der Waals surface area contributed by atoms with E-state index in [0.29, 0.717) is 12.6 Å². The highest BCUT2D eigenvalue weighted by atomic mass is 16.2. The maximum atomic E-state index is 12.0. The van der Waals surface area contributed by atoms with Crippen LogP contribution in [-0.2, 0) is 6.42 Å². The van der Waals surface area contributed by atoms with Crippen molar-refractivity contribution in [2.45, 2.75) is 51.0 Å². The zero-order valence-corrected chi connectivity index (χ0v) is 14.6. The van der Waals surface area contributed by atoms with E-state index in [0.717, 1.165) is 36.2 Å². The first kappa shape index (κ1) is 17.4. The molecule has 1 saturated carbocycles. The van der Waals surface area contributed by atoms with Crippen LogP contribution in [-0.4, -0.2) is 28.6 Å². The predicted molar refractivity (Wildman–Crippen MR) is 99.2 cm³/mol. The van der Waals surface area contributed by atoms with Gasteiger partial charge in [0.05, 0.1) is 0 Å². The monoisotopic (exact) mass is 338 g/mol. The van der Waals surface area contributed by atoms with Gasteiger partial charge in [-0.25, -0.2) is 14.8 Å². The van der Waals surface area contributed by atoms with Gasteiger partial charge in [0.1, 0.15) is 0 Å². The van der Waals surface area contributed by atoms with Gasteiger partial charge in [0.2, 0.25) is 0 Å².